The molecule has 76 valence electrons. The summed E-state index contributed by atoms with van der Waals surface area (Å²) in [6, 6.07) is 5.71. The first-order valence-corrected chi connectivity index (χ1v) is 4.40. The summed E-state index contributed by atoms with van der Waals surface area (Å²) in [5, 5.41) is 0. The minimum absolute atomic E-state index is 0.376. The summed E-state index contributed by atoms with van der Waals surface area (Å²) in [4.78, 5) is 10.4. The lowest BCUT2D eigenvalue weighted by atomic mass is 10.1. The second kappa shape index (κ2) is 5.40. The number of ether oxygens (including phenoxy) is 2. The summed E-state index contributed by atoms with van der Waals surface area (Å²) in [7, 11) is 3.24. The van der Waals surface area contributed by atoms with Crippen LogP contribution in [0.1, 0.15) is 11.1 Å². The molecule has 1 aromatic rings. The zero-order valence-corrected chi connectivity index (χ0v) is 8.45. The highest BCUT2D eigenvalue weighted by Gasteiger charge is 2.03. The van der Waals surface area contributed by atoms with E-state index in [0.717, 1.165) is 23.2 Å². The predicted molar refractivity (Wildman–Crippen MR) is 53.5 cm³/mol. The zero-order valence-electron chi connectivity index (χ0n) is 8.45. The molecule has 0 unspecified atom stereocenters. The largest absolute Gasteiger partial charge is 0.496 e. The molecule has 0 saturated carbocycles. The minimum Gasteiger partial charge on any atom is -0.496 e. The van der Waals surface area contributed by atoms with Crippen LogP contribution in [0.4, 0.5) is 0 Å². The van der Waals surface area contributed by atoms with Crippen LogP contribution in [0.2, 0.25) is 0 Å². The molecule has 0 bridgehead atoms. The van der Waals surface area contributed by atoms with E-state index in [1.54, 1.807) is 14.2 Å². The van der Waals surface area contributed by atoms with Crippen molar-refractivity contribution >= 4 is 6.29 Å². The van der Waals surface area contributed by atoms with Crippen molar-refractivity contribution in [2.75, 3.05) is 14.2 Å². The van der Waals surface area contributed by atoms with Crippen molar-refractivity contribution in [1.82, 2.24) is 0 Å². The molecule has 0 aliphatic carbocycles. The number of aldehydes is 1. The van der Waals surface area contributed by atoms with Crippen LogP contribution in [0.5, 0.6) is 5.75 Å². The number of rotatable bonds is 5. The topological polar surface area (TPSA) is 35.5 Å². The van der Waals surface area contributed by atoms with E-state index in [4.69, 9.17) is 9.47 Å². The maximum absolute atomic E-state index is 10.4. The van der Waals surface area contributed by atoms with Crippen molar-refractivity contribution in [3.63, 3.8) is 0 Å². The molecule has 1 aromatic carbocycles. The highest BCUT2D eigenvalue weighted by Crippen LogP contribution is 2.20. The Labute approximate surface area is 83.6 Å². The van der Waals surface area contributed by atoms with E-state index in [0.29, 0.717) is 13.0 Å². The fraction of sp³-hybridized carbons (Fsp3) is 0.364. The third-order valence-corrected chi connectivity index (χ3v) is 1.96. The van der Waals surface area contributed by atoms with E-state index in [1.165, 1.54) is 0 Å². The molecule has 14 heavy (non-hydrogen) atoms. The standard InChI is InChI=1S/C11H14O3/c1-13-8-9-3-4-11(14-2)10(7-9)5-6-12/h3-4,6-7H,5,8H2,1-2H3. The normalized spacial score (nSPS) is 9.86. The van der Waals surface area contributed by atoms with Crippen molar-refractivity contribution in [1.29, 1.82) is 0 Å². The van der Waals surface area contributed by atoms with Gasteiger partial charge >= 0.3 is 0 Å². The summed E-state index contributed by atoms with van der Waals surface area (Å²) in [6.07, 6.45) is 1.25. The van der Waals surface area contributed by atoms with Crippen molar-refractivity contribution in [3.05, 3.63) is 29.3 Å². The van der Waals surface area contributed by atoms with Crippen molar-refractivity contribution in [3.8, 4) is 5.75 Å². The first-order chi connectivity index (χ1) is 6.81. The van der Waals surface area contributed by atoms with Gasteiger partial charge in [0.25, 0.3) is 0 Å². The summed E-state index contributed by atoms with van der Waals surface area (Å²) < 4.78 is 10.1. The Hall–Kier alpha value is -1.35. The van der Waals surface area contributed by atoms with Crippen LogP contribution in [-0.4, -0.2) is 20.5 Å². The smallest absolute Gasteiger partial charge is 0.124 e. The Kier molecular flexibility index (Phi) is 4.13. The molecule has 0 spiro atoms. The molecule has 3 nitrogen and oxygen atoms in total. The van der Waals surface area contributed by atoms with Crippen LogP contribution >= 0.6 is 0 Å². The third-order valence-electron chi connectivity index (χ3n) is 1.96. The van der Waals surface area contributed by atoms with Crippen molar-refractivity contribution < 1.29 is 14.3 Å². The van der Waals surface area contributed by atoms with E-state index >= 15 is 0 Å². The lowest BCUT2D eigenvalue weighted by Gasteiger charge is -2.08. The number of carbonyl (C=O) groups excluding carboxylic acids is 1. The van der Waals surface area contributed by atoms with Crippen LogP contribution in [0, 0.1) is 0 Å². The van der Waals surface area contributed by atoms with E-state index in [2.05, 4.69) is 0 Å². The molecule has 0 aromatic heterocycles. The van der Waals surface area contributed by atoms with Gasteiger partial charge in [0.15, 0.2) is 0 Å². The monoisotopic (exact) mass is 194 g/mol. The number of methoxy groups -OCH3 is 2. The van der Waals surface area contributed by atoms with Gasteiger partial charge in [-0.3, -0.25) is 0 Å². The summed E-state index contributed by atoms with van der Waals surface area (Å²) in [5.41, 5.74) is 1.95. The Morgan fingerprint density at radius 3 is 2.71 bits per heavy atom. The second-order valence-corrected chi connectivity index (χ2v) is 2.95. The lowest BCUT2D eigenvalue weighted by molar-refractivity contribution is -0.107. The average Bonchev–Trinajstić information content (AvgIpc) is 2.19. The van der Waals surface area contributed by atoms with Gasteiger partial charge in [0.2, 0.25) is 0 Å². The van der Waals surface area contributed by atoms with Crippen molar-refractivity contribution in [2.45, 2.75) is 13.0 Å². The van der Waals surface area contributed by atoms with Gasteiger partial charge in [-0.15, -0.1) is 0 Å². The molecule has 0 heterocycles. The van der Waals surface area contributed by atoms with Gasteiger partial charge in [0.05, 0.1) is 13.7 Å². The van der Waals surface area contributed by atoms with Crippen LogP contribution in [0.3, 0.4) is 0 Å². The van der Waals surface area contributed by atoms with Gasteiger partial charge < -0.3 is 14.3 Å². The molecule has 3 heteroatoms. The second-order valence-electron chi connectivity index (χ2n) is 2.95. The molecule has 0 atom stereocenters. The zero-order chi connectivity index (χ0) is 10.4. The minimum atomic E-state index is 0.376. The number of hydrogen-bond donors (Lipinski definition) is 0. The molecular weight excluding hydrogens is 180 g/mol. The molecule has 0 fully saturated rings. The van der Waals surface area contributed by atoms with Crippen molar-refractivity contribution in [2.24, 2.45) is 0 Å². The molecule has 0 N–H and O–H groups in total. The highest BCUT2D eigenvalue weighted by atomic mass is 16.5. The van der Waals surface area contributed by atoms with Gasteiger partial charge in [-0.1, -0.05) is 6.07 Å². The maximum atomic E-state index is 10.4. The average molecular weight is 194 g/mol. The third kappa shape index (κ3) is 2.57. The fourth-order valence-electron chi connectivity index (χ4n) is 1.34. The van der Waals surface area contributed by atoms with Gasteiger partial charge in [0.1, 0.15) is 12.0 Å². The van der Waals surface area contributed by atoms with Crippen LogP contribution in [0.25, 0.3) is 0 Å². The predicted octanol–water partition coefficient (Wildman–Crippen LogP) is 1.58. The summed E-state index contributed by atoms with van der Waals surface area (Å²) >= 11 is 0. The number of hydrogen-bond acceptors (Lipinski definition) is 3. The number of carbonyl (C=O) groups is 1. The van der Waals surface area contributed by atoms with E-state index < -0.39 is 0 Å². The van der Waals surface area contributed by atoms with Crippen LogP contribution < -0.4 is 4.74 Å². The Balaban J connectivity index is 2.94. The molecule has 0 amide bonds. The van der Waals surface area contributed by atoms with Gasteiger partial charge in [-0.05, 0) is 17.7 Å². The molecular formula is C11H14O3. The molecule has 0 aliphatic rings. The first-order valence-electron chi connectivity index (χ1n) is 4.40. The lowest BCUT2D eigenvalue weighted by Crippen LogP contribution is -1.96. The van der Waals surface area contributed by atoms with Gasteiger partial charge in [-0.25, -0.2) is 0 Å². The summed E-state index contributed by atoms with van der Waals surface area (Å²) in [6.45, 7) is 0.551. The van der Waals surface area contributed by atoms with Gasteiger partial charge in [-0.2, -0.15) is 0 Å². The highest BCUT2D eigenvalue weighted by molar-refractivity contribution is 5.58. The van der Waals surface area contributed by atoms with Crippen LogP contribution in [-0.2, 0) is 22.6 Å². The van der Waals surface area contributed by atoms with E-state index in [9.17, 15) is 4.79 Å². The Morgan fingerprint density at radius 2 is 2.14 bits per heavy atom. The molecule has 1 rings (SSSR count). The molecule has 0 saturated heterocycles. The quantitative estimate of drug-likeness (QED) is 0.667. The summed E-state index contributed by atoms with van der Waals surface area (Å²) in [5.74, 6) is 0.747. The fourth-order valence-corrected chi connectivity index (χ4v) is 1.34. The van der Waals surface area contributed by atoms with E-state index in [-0.39, 0.29) is 0 Å². The SMILES string of the molecule is COCc1ccc(OC)c(CC=O)c1. The maximum Gasteiger partial charge on any atom is 0.124 e. The first kappa shape index (κ1) is 10.7. The van der Waals surface area contributed by atoms with Crippen LogP contribution in [0.15, 0.2) is 18.2 Å². The number of benzene rings is 1. The van der Waals surface area contributed by atoms with E-state index in [1.807, 2.05) is 18.2 Å². The molecule has 0 aliphatic heterocycles. The Bertz CT molecular complexity index is 307. The van der Waals surface area contributed by atoms with Gasteiger partial charge in [0, 0.05) is 19.1 Å². The molecule has 0 radical (unpaired) electrons. The Morgan fingerprint density at radius 1 is 1.36 bits per heavy atom.